The summed E-state index contributed by atoms with van der Waals surface area (Å²) < 4.78 is 48.0. The Morgan fingerprint density at radius 2 is 1.72 bits per heavy atom. The minimum Gasteiger partial charge on any atom is -0.474 e. The number of hydrogen-bond donors (Lipinski definition) is 0. The van der Waals surface area contributed by atoms with Gasteiger partial charge in [0.2, 0.25) is 0 Å². The summed E-state index contributed by atoms with van der Waals surface area (Å²) in [7, 11) is 1.75. The second-order valence-corrected chi connectivity index (χ2v) is 7.42. The Labute approximate surface area is 146 Å². The van der Waals surface area contributed by atoms with E-state index >= 15 is 0 Å². The van der Waals surface area contributed by atoms with E-state index in [9.17, 15) is 13.2 Å². The summed E-state index contributed by atoms with van der Waals surface area (Å²) in [6, 6.07) is 5.05. The average molecular weight is 367 g/mol. The lowest BCUT2D eigenvalue weighted by Gasteiger charge is -2.26. The second-order valence-electron chi connectivity index (χ2n) is 6.13. The van der Waals surface area contributed by atoms with Gasteiger partial charge in [0.05, 0.1) is 4.88 Å². The Balaban J connectivity index is 1.97. The molecule has 25 heavy (non-hydrogen) atoms. The maximum Gasteiger partial charge on any atom is 0.192 e. The minimum absolute atomic E-state index is 0.386. The van der Waals surface area contributed by atoms with E-state index in [1.54, 1.807) is 36.8 Å². The summed E-state index contributed by atoms with van der Waals surface area (Å²) in [6.45, 7) is 5.21. The van der Waals surface area contributed by atoms with Crippen molar-refractivity contribution in [3.63, 3.8) is 0 Å². The fourth-order valence-corrected chi connectivity index (χ4v) is 3.44. The van der Waals surface area contributed by atoms with Crippen LogP contribution in [0.2, 0.25) is 0 Å². The first kappa shape index (κ1) is 17.5. The van der Waals surface area contributed by atoms with Crippen LogP contribution in [-0.4, -0.2) is 14.8 Å². The zero-order valence-corrected chi connectivity index (χ0v) is 14.9. The van der Waals surface area contributed by atoms with E-state index in [4.69, 9.17) is 4.74 Å². The van der Waals surface area contributed by atoms with Crippen molar-refractivity contribution in [2.75, 3.05) is 0 Å². The molecule has 0 saturated heterocycles. The molecule has 0 unspecified atom stereocenters. The molecule has 132 valence electrons. The smallest absolute Gasteiger partial charge is 0.192 e. The van der Waals surface area contributed by atoms with Crippen LogP contribution in [0.5, 0.6) is 5.75 Å². The van der Waals surface area contributed by atoms with Crippen molar-refractivity contribution in [3.8, 4) is 16.5 Å². The predicted octanol–water partition coefficient (Wildman–Crippen LogP) is 4.58. The van der Waals surface area contributed by atoms with E-state index in [-0.39, 0.29) is 0 Å². The summed E-state index contributed by atoms with van der Waals surface area (Å²) in [5.41, 5.74) is -1.19. The van der Waals surface area contributed by atoms with Gasteiger partial charge in [-0.15, -0.1) is 21.5 Å². The van der Waals surface area contributed by atoms with Crippen LogP contribution in [0.25, 0.3) is 10.7 Å². The fraction of sp³-hybridized carbons (Fsp3) is 0.294. The minimum atomic E-state index is -1.19. The van der Waals surface area contributed by atoms with Gasteiger partial charge in [0.25, 0.3) is 0 Å². The average Bonchev–Trinajstić information content (AvgIpc) is 3.09. The predicted molar refractivity (Wildman–Crippen MR) is 89.0 cm³/mol. The molecule has 3 aromatic rings. The van der Waals surface area contributed by atoms with Gasteiger partial charge in [-0.05, 0) is 32.9 Å². The number of thiophene rings is 1. The van der Waals surface area contributed by atoms with Crippen molar-refractivity contribution >= 4 is 11.3 Å². The van der Waals surface area contributed by atoms with Crippen LogP contribution in [0.4, 0.5) is 13.2 Å². The zero-order chi connectivity index (χ0) is 18.4. The number of rotatable bonds is 4. The Morgan fingerprint density at radius 3 is 2.28 bits per heavy atom. The molecular formula is C17H16F3N3OS. The highest BCUT2D eigenvalue weighted by Gasteiger charge is 2.32. The Bertz CT molecular complexity index is 910. The van der Waals surface area contributed by atoms with Crippen molar-refractivity contribution in [3.05, 3.63) is 52.4 Å². The first-order valence-corrected chi connectivity index (χ1v) is 8.31. The number of aromatic nitrogens is 3. The highest BCUT2D eigenvalue weighted by Crippen LogP contribution is 2.33. The van der Waals surface area contributed by atoms with Gasteiger partial charge in [0, 0.05) is 24.1 Å². The van der Waals surface area contributed by atoms with Crippen LogP contribution in [-0.2, 0) is 12.6 Å². The van der Waals surface area contributed by atoms with Crippen LogP contribution in [0, 0.1) is 24.4 Å². The second kappa shape index (κ2) is 6.18. The van der Waals surface area contributed by atoms with E-state index in [0.29, 0.717) is 23.8 Å². The lowest BCUT2D eigenvalue weighted by Crippen LogP contribution is -2.30. The first-order chi connectivity index (χ1) is 11.7. The van der Waals surface area contributed by atoms with Crippen LogP contribution in [0.1, 0.15) is 24.5 Å². The molecule has 1 aromatic carbocycles. The molecule has 0 atom stereocenters. The third kappa shape index (κ3) is 3.26. The number of hydrogen-bond acceptors (Lipinski definition) is 4. The van der Waals surface area contributed by atoms with Gasteiger partial charge in [0.15, 0.2) is 34.6 Å². The molecule has 4 nitrogen and oxygen atoms in total. The topological polar surface area (TPSA) is 39.9 Å². The van der Waals surface area contributed by atoms with Crippen molar-refractivity contribution in [2.45, 2.75) is 26.4 Å². The summed E-state index contributed by atoms with van der Waals surface area (Å²) in [5.74, 6) is -2.86. The Hall–Kier alpha value is -2.35. The fourth-order valence-electron chi connectivity index (χ4n) is 2.55. The number of benzene rings is 1. The van der Waals surface area contributed by atoms with E-state index < -0.39 is 28.8 Å². The number of nitrogens with zero attached hydrogens (tertiary/aromatic N) is 3. The maximum absolute atomic E-state index is 13.9. The first-order valence-electron chi connectivity index (χ1n) is 7.49. The summed E-state index contributed by atoms with van der Waals surface area (Å²) in [6.07, 6.45) is 0. The van der Waals surface area contributed by atoms with Gasteiger partial charge in [-0.3, -0.25) is 0 Å². The van der Waals surface area contributed by atoms with Crippen LogP contribution in [0.15, 0.2) is 24.3 Å². The molecule has 0 bridgehead atoms. The van der Waals surface area contributed by atoms with Gasteiger partial charge in [0.1, 0.15) is 5.82 Å². The van der Waals surface area contributed by atoms with Crippen LogP contribution in [0.3, 0.4) is 0 Å². The van der Waals surface area contributed by atoms with Gasteiger partial charge in [-0.2, -0.15) is 0 Å². The Kier molecular flexibility index (Phi) is 4.32. The number of ether oxygens (including phenoxy) is 1. The van der Waals surface area contributed by atoms with Crippen LogP contribution < -0.4 is 4.74 Å². The molecule has 0 spiro atoms. The van der Waals surface area contributed by atoms with Gasteiger partial charge < -0.3 is 9.30 Å². The summed E-state index contributed by atoms with van der Waals surface area (Å²) in [5, 5.41) is 8.28. The number of halogens is 3. The van der Waals surface area contributed by atoms with Crippen molar-refractivity contribution in [1.82, 2.24) is 14.8 Å². The van der Waals surface area contributed by atoms with Gasteiger partial charge in [-0.1, -0.05) is 0 Å². The van der Waals surface area contributed by atoms with Gasteiger partial charge >= 0.3 is 0 Å². The lowest BCUT2D eigenvalue weighted by atomic mass is 10.1. The molecule has 0 radical (unpaired) electrons. The zero-order valence-electron chi connectivity index (χ0n) is 14.1. The van der Waals surface area contributed by atoms with Gasteiger partial charge in [-0.25, -0.2) is 13.2 Å². The van der Waals surface area contributed by atoms with Crippen molar-refractivity contribution < 1.29 is 17.9 Å². The molecule has 0 aliphatic heterocycles. The van der Waals surface area contributed by atoms with Crippen LogP contribution >= 0.6 is 11.3 Å². The highest BCUT2D eigenvalue weighted by molar-refractivity contribution is 7.15. The molecule has 0 aliphatic carbocycles. The lowest BCUT2D eigenvalue weighted by molar-refractivity contribution is 0.0833. The quantitative estimate of drug-likeness (QED) is 0.677. The molecule has 0 aliphatic rings. The van der Waals surface area contributed by atoms with E-state index in [1.165, 1.54) is 0 Å². The monoisotopic (exact) mass is 367 g/mol. The summed E-state index contributed by atoms with van der Waals surface area (Å²) >= 11 is 1.56. The largest absolute Gasteiger partial charge is 0.474 e. The standard InChI is InChI=1S/C17H16F3N3OS/c1-9-5-6-13(25-9)15-21-22-16(23(15)4)17(2,3)24-14-11(19)7-10(18)8-12(14)20/h5-8H,1-4H3. The molecule has 8 heteroatoms. The highest BCUT2D eigenvalue weighted by atomic mass is 32.1. The molecule has 0 saturated carbocycles. The van der Waals surface area contributed by atoms with E-state index in [0.717, 1.165) is 9.75 Å². The molecule has 2 heterocycles. The number of aryl methyl sites for hydroxylation is 1. The molecule has 2 aromatic heterocycles. The van der Waals surface area contributed by atoms with Crippen molar-refractivity contribution in [2.24, 2.45) is 7.05 Å². The van der Waals surface area contributed by atoms with Crippen molar-refractivity contribution in [1.29, 1.82) is 0 Å². The molecule has 0 amide bonds. The third-order valence-electron chi connectivity index (χ3n) is 3.69. The van der Waals surface area contributed by atoms with E-state index in [1.807, 2.05) is 19.1 Å². The third-order valence-corrected chi connectivity index (χ3v) is 4.69. The van der Waals surface area contributed by atoms with E-state index in [2.05, 4.69) is 10.2 Å². The summed E-state index contributed by atoms with van der Waals surface area (Å²) in [4.78, 5) is 2.05. The molecule has 0 N–H and O–H groups in total. The normalized spacial score (nSPS) is 11.8. The molecular weight excluding hydrogens is 351 g/mol. The molecule has 0 fully saturated rings. The SMILES string of the molecule is Cc1ccc(-c2nnc(C(C)(C)Oc3c(F)cc(F)cc3F)n2C)s1. The molecule has 3 rings (SSSR count). The maximum atomic E-state index is 13.9. The Morgan fingerprint density at radius 1 is 1.08 bits per heavy atom.